The minimum absolute atomic E-state index is 0.0208. The van der Waals surface area contributed by atoms with Gasteiger partial charge in [0.1, 0.15) is 6.33 Å². The van der Waals surface area contributed by atoms with Gasteiger partial charge in [-0.2, -0.15) is 0 Å². The van der Waals surface area contributed by atoms with Crippen LogP contribution in [0.1, 0.15) is 12.2 Å². The number of hydrogen-bond acceptors (Lipinski definition) is 5. The molecule has 7 nitrogen and oxygen atoms in total. The van der Waals surface area contributed by atoms with E-state index in [1.165, 1.54) is 0 Å². The third-order valence-corrected chi connectivity index (χ3v) is 2.97. The third-order valence-electron chi connectivity index (χ3n) is 2.97. The smallest absolute Gasteiger partial charge is 0.237 e. The number of ether oxygens (including phenoxy) is 1. The third kappa shape index (κ3) is 2.80. The molecule has 0 saturated carbocycles. The Morgan fingerprint density at radius 1 is 1.76 bits per heavy atom. The lowest BCUT2D eigenvalue weighted by Crippen LogP contribution is -2.40. The molecular formula is C10H17N5O2. The van der Waals surface area contributed by atoms with Gasteiger partial charge in [-0.3, -0.25) is 4.79 Å². The molecule has 1 aromatic rings. The standard InChI is InChI=1S/C10H17N5O2/c1-15-6-13-14-9(15)5-12-10(16)8-3-7(17-2)4-11-8/h6-8,11H,3-5H2,1-2H3,(H,12,16). The first kappa shape index (κ1) is 12.0. The summed E-state index contributed by atoms with van der Waals surface area (Å²) in [6, 6.07) is -0.173. The van der Waals surface area contributed by atoms with Crippen LogP contribution in [0.15, 0.2) is 6.33 Å². The Balaban J connectivity index is 1.80. The molecule has 0 bridgehead atoms. The van der Waals surface area contributed by atoms with Crippen molar-refractivity contribution in [1.82, 2.24) is 25.4 Å². The van der Waals surface area contributed by atoms with Crippen LogP contribution in [0.4, 0.5) is 0 Å². The Morgan fingerprint density at radius 2 is 2.59 bits per heavy atom. The number of nitrogens with one attached hydrogen (secondary N) is 2. The highest BCUT2D eigenvalue weighted by Gasteiger charge is 2.29. The fraction of sp³-hybridized carbons (Fsp3) is 0.700. The fourth-order valence-electron chi connectivity index (χ4n) is 1.84. The summed E-state index contributed by atoms with van der Waals surface area (Å²) in [4.78, 5) is 11.8. The van der Waals surface area contributed by atoms with Crippen LogP contribution < -0.4 is 10.6 Å². The molecule has 17 heavy (non-hydrogen) atoms. The minimum atomic E-state index is -0.173. The van der Waals surface area contributed by atoms with Crippen molar-refractivity contribution in [3.8, 4) is 0 Å². The molecule has 0 aliphatic carbocycles. The van der Waals surface area contributed by atoms with E-state index in [0.29, 0.717) is 13.0 Å². The number of nitrogens with zero attached hydrogens (tertiary/aromatic N) is 3. The van der Waals surface area contributed by atoms with E-state index in [0.717, 1.165) is 12.4 Å². The molecule has 2 unspecified atom stereocenters. The van der Waals surface area contributed by atoms with E-state index < -0.39 is 0 Å². The second-order valence-corrected chi connectivity index (χ2v) is 4.13. The van der Waals surface area contributed by atoms with Gasteiger partial charge in [-0.1, -0.05) is 0 Å². The number of carbonyl (C=O) groups excluding carboxylic acids is 1. The van der Waals surface area contributed by atoms with Crippen molar-refractivity contribution in [3.05, 3.63) is 12.2 Å². The molecule has 1 aromatic heterocycles. The average Bonchev–Trinajstić information content (AvgIpc) is 2.94. The van der Waals surface area contributed by atoms with Crippen molar-refractivity contribution in [1.29, 1.82) is 0 Å². The second kappa shape index (κ2) is 5.24. The minimum Gasteiger partial charge on any atom is -0.380 e. The molecule has 7 heteroatoms. The van der Waals surface area contributed by atoms with Gasteiger partial charge in [0.2, 0.25) is 5.91 Å². The number of aryl methyl sites for hydroxylation is 1. The van der Waals surface area contributed by atoms with Gasteiger partial charge < -0.3 is 19.9 Å². The first-order valence-corrected chi connectivity index (χ1v) is 5.57. The van der Waals surface area contributed by atoms with Gasteiger partial charge in [0.25, 0.3) is 0 Å². The lowest BCUT2D eigenvalue weighted by molar-refractivity contribution is -0.123. The van der Waals surface area contributed by atoms with Gasteiger partial charge in [0.15, 0.2) is 5.82 Å². The number of rotatable bonds is 4. The first-order valence-electron chi connectivity index (χ1n) is 5.57. The maximum absolute atomic E-state index is 11.8. The molecular weight excluding hydrogens is 222 g/mol. The zero-order valence-electron chi connectivity index (χ0n) is 10.0. The van der Waals surface area contributed by atoms with Crippen molar-refractivity contribution in [3.63, 3.8) is 0 Å². The molecule has 2 heterocycles. The predicted octanol–water partition coefficient (Wildman–Crippen LogP) is -1.19. The summed E-state index contributed by atoms with van der Waals surface area (Å²) >= 11 is 0. The van der Waals surface area contributed by atoms with E-state index in [2.05, 4.69) is 20.8 Å². The molecule has 94 valence electrons. The number of hydrogen-bond donors (Lipinski definition) is 2. The Morgan fingerprint density at radius 3 is 3.18 bits per heavy atom. The zero-order chi connectivity index (χ0) is 12.3. The highest BCUT2D eigenvalue weighted by atomic mass is 16.5. The van der Waals surface area contributed by atoms with Crippen LogP contribution in [-0.2, 0) is 23.1 Å². The topological polar surface area (TPSA) is 81.1 Å². The van der Waals surface area contributed by atoms with E-state index in [-0.39, 0.29) is 18.1 Å². The zero-order valence-corrected chi connectivity index (χ0v) is 10.0. The summed E-state index contributed by atoms with van der Waals surface area (Å²) in [5.41, 5.74) is 0. The number of amides is 1. The van der Waals surface area contributed by atoms with Gasteiger partial charge in [-0.25, -0.2) is 0 Å². The molecule has 1 fully saturated rings. The Bertz CT molecular complexity index is 392. The predicted molar refractivity (Wildman–Crippen MR) is 60.1 cm³/mol. The van der Waals surface area contributed by atoms with E-state index in [9.17, 15) is 4.79 Å². The summed E-state index contributed by atoms with van der Waals surface area (Å²) in [5, 5.41) is 13.6. The van der Waals surface area contributed by atoms with E-state index in [1.54, 1.807) is 18.0 Å². The summed E-state index contributed by atoms with van der Waals surface area (Å²) in [6.07, 6.45) is 2.44. The van der Waals surface area contributed by atoms with Crippen molar-refractivity contribution in [2.75, 3.05) is 13.7 Å². The average molecular weight is 239 g/mol. The molecule has 2 N–H and O–H groups in total. The first-order chi connectivity index (χ1) is 8.20. The maximum Gasteiger partial charge on any atom is 0.237 e. The molecule has 0 spiro atoms. The van der Waals surface area contributed by atoms with Crippen LogP contribution in [0, 0.1) is 0 Å². The lowest BCUT2D eigenvalue weighted by Gasteiger charge is -2.10. The monoisotopic (exact) mass is 239 g/mol. The second-order valence-electron chi connectivity index (χ2n) is 4.13. The summed E-state index contributed by atoms with van der Waals surface area (Å²) in [6.45, 7) is 1.11. The van der Waals surface area contributed by atoms with Crippen LogP contribution in [0.3, 0.4) is 0 Å². The molecule has 2 rings (SSSR count). The maximum atomic E-state index is 11.8. The molecule has 1 saturated heterocycles. The van der Waals surface area contributed by atoms with Gasteiger partial charge in [-0.15, -0.1) is 10.2 Å². The van der Waals surface area contributed by atoms with Crippen molar-refractivity contribution < 1.29 is 9.53 Å². The number of carbonyl (C=O) groups is 1. The summed E-state index contributed by atoms with van der Waals surface area (Å²) in [5.74, 6) is 0.715. The Labute approximate surface area is 99.5 Å². The summed E-state index contributed by atoms with van der Waals surface area (Å²) < 4.78 is 6.97. The molecule has 0 aromatic carbocycles. The van der Waals surface area contributed by atoms with E-state index >= 15 is 0 Å². The highest BCUT2D eigenvalue weighted by Crippen LogP contribution is 2.09. The van der Waals surface area contributed by atoms with Crippen LogP contribution in [-0.4, -0.2) is 46.5 Å². The highest BCUT2D eigenvalue weighted by molar-refractivity contribution is 5.82. The van der Waals surface area contributed by atoms with Crippen molar-refractivity contribution in [2.24, 2.45) is 7.05 Å². The van der Waals surface area contributed by atoms with Gasteiger partial charge >= 0.3 is 0 Å². The quantitative estimate of drug-likeness (QED) is 0.690. The molecule has 1 aliphatic heterocycles. The van der Waals surface area contributed by atoms with Crippen LogP contribution in [0.2, 0.25) is 0 Å². The largest absolute Gasteiger partial charge is 0.380 e. The van der Waals surface area contributed by atoms with Crippen LogP contribution in [0.5, 0.6) is 0 Å². The molecule has 0 radical (unpaired) electrons. The lowest BCUT2D eigenvalue weighted by atomic mass is 10.2. The van der Waals surface area contributed by atoms with Crippen LogP contribution >= 0.6 is 0 Å². The van der Waals surface area contributed by atoms with E-state index in [4.69, 9.17) is 4.74 Å². The molecule has 1 aliphatic rings. The number of aromatic nitrogens is 3. The van der Waals surface area contributed by atoms with Crippen molar-refractivity contribution >= 4 is 5.91 Å². The molecule has 2 atom stereocenters. The summed E-state index contributed by atoms with van der Waals surface area (Å²) in [7, 11) is 3.50. The normalized spacial score (nSPS) is 23.9. The fourth-order valence-corrected chi connectivity index (χ4v) is 1.84. The van der Waals surface area contributed by atoms with Gasteiger partial charge in [0, 0.05) is 20.7 Å². The van der Waals surface area contributed by atoms with E-state index in [1.807, 2.05) is 7.05 Å². The van der Waals surface area contributed by atoms with Gasteiger partial charge in [0.05, 0.1) is 18.7 Å². The van der Waals surface area contributed by atoms with Crippen molar-refractivity contribution in [2.45, 2.75) is 25.1 Å². The number of methoxy groups -OCH3 is 1. The molecule has 1 amide bonds. The SMILES string of the molecule is COC1CNC(C(=O)NCc2nncn2C)C1. The Kier molecular flexibility index (Phi) is 3.70. The van der Waals surface area contributed by atoms with Gasteiger partial charge in [-0.05, 0) is 6.42 Å². The Hall–Kier alpha value is -1.47. The van der Waals surface area contributed by atoms with Crippen LogP contribution in [0.25, 0.3) is 0 Å².